The van der Waals surface area contributed by atoms with Crippen molar-refractivity contribution < 1.29 is 9.47 Å². The molecule has 0 fully saturated rings. The zero-order chi connectivity index (χ0) is 12.3. The van der Waals surface area contributed by atoms with Gasteiger partial charge in [0.15, 0.2) is 0 Å². The van der Waals surface area contributed by atoms with Gasteiger partial charge in [0.25, 0.3) is 0 Å². The standard InChI is InChI=1S/C14H22O2S/c1-2-15-13-7-9-14(10-8-13)16-11-5-3-4-6-12-17/h7-10,17H,2-6,11-12H2,1H3. The fourth-order valence-electron chi connectivity index (χ4n) is 1.56. The first-order chi connectivity index (χ1) is 8.36. The number of rotatable bonds is 9. The fraction of sp³-hybridized carbons (Fsp3) is 0.571. The van der Waals surface area contributed by atoms with E-state index in [0.717, 1.165) is 30.3 Å². The molecule has 17 heavy (non-hydrogen) atoms. The van der Waals surface area contributed by atoms with Gasteiger partial charge in [0.2, 0.25) is 0 Å². The summed E-state index contributed by atoms with van der Waals surface area (Å²) in [5.74, 6) is 2.80. The molecule has 0 N–H and O–H groups in total. The second kappa shape index (κ2) is 9.23. The van der Waals surface area contributed by atoms with Crippen molar-refractivity contribution in [2.24, 2.45) is 0 Å². The minimum atomic E-state index is 0.700. The van der Waals surface area contributed by atoms with Gasteiger partial charge in [-0.05, 0) is 49.8 Å². The first-order valence-corrected chi connectivity index (χ1v) is 6.96. The lowest BCUT2D eigenvalue weighted by Crippen LogP contribution is -1.97. The van der Waals surface area contributed by atoms with E-state index in [9.17, 15) is 0 Å². The van der Waals surface area contributed by atoms with Crippen LogP contribution in [0.4, 0.5) is 0 Å². The summed E-state index contributed by atoms with van der Waals surface area (Å²) < 4.78 is 11.0. The van der Waals surface area contributed by atoms with Crippen LogP contribution in [0, 0.1) is 0 Å². The van der Waals surface area contributed by atoms with Gasteiger partial charge in [-0.3, -0.25) is 0 Å². The topological polar surface area (TPSA) is 18.5 Å². The Bertz CT molecular complexity index is 285. The molecular formula is C14H22O2S. The van der Waals surface area contributed by atoms with E-state index in [4.69, 9.17) is 9.47 Å². The third-order valence-electron chi connectivity index (χ3n) is 2.46. The second-order valence-corrected chi connectivity index (χ2v) is 4.34. The molecule has 0 atom stereocenters. The zero-order valence-electron chi connectivity index (χ0n) is 10.5. The number of hydrogen-bond donors (Lipinski definition) is 1. The summed E-state index contributed by atoms with van der Waals surface area (Å²) in [6, 6.07) is 7.80. The van der Waals surface area contributed by atoms with E-state index < -0.39 is 0 Å². The Labute approximate surface area is 110 Å². The maximum Gasteiger partial charge on any atom is 0.119 e. The third-order valence-corrected chi connectivity index (χ3v) is 2.77. The van der Waals surface area contributed by atoms with Crippen LogP contribution in [0.1, 0.15) is 32.6 Å². The predicted octanol–water partition coefficient (Wildman–Crippen LogP) is 3.95. The summed E-state index contributed by atoms with van der Waals surface area (Å²) in [7, 11) is 0. The first kappa shape index (κ1) is 14.2. The second-order valence-electron chi connectivity index (χ2n) is 3.89. The normalized spacial score (nSPS) is 10.2. The first-order valence-electron chi connectivity index (χ1n) is 6.33. The molecule has 1 aromatic rings. The van der Waals surface area contributed by atoms with Crippen molar-refractivity contribution in [3.8, 4) is 11.5 Å². The van der Waals surface area contributed by atoms with Crippen LogP contribution in [0.2, 0.25) is 0 Å². The Hall–Kier alpha value is -0.830. The molecule has 0 radical (unpaired) electrons. The number of thiol groups is 1. The van der Waals surface area contributed by atoms with Gasteiger partial charge >= 0.3 is 0 Å². The van der Waals surface area contributed by atoms with E-state index in [2.05, 4.69) is 12.6 Å². The van der Waals surface area contributed by atoms with Gasteiger partial charge in [0.05, 0.1) is 13.2 Å². The van der Waals surface area contributed by atoms with Gasteiger partial charge in [-0.2, -0.15) is 12.6 Å². The van der Waals surface area contributed by atoms with E-state index in [1.165, 1.54) is 19.3 Å². The van der Waals surface area contributed by atoms with E-state index in [1.54, 1.807) is 0 Å². The Kier molecular flexibility index (Phi) is 7.72. The van der Waals surface area contributed by atoms with E-state index >= 15 is 0 Å². The summed E-state index contributed by atoms with van der Waals surface area (Å²) in [6.07, 6.45) is 4.78. The molecule has 96 valence electrons. The lowest BCUT2D eigenvalue weighted by atomic mass is 10.2. The highest BCUT2D eigenvalue weighted by molar-refractivity contribution is 7.80. The Morgan fingerprint density at radius 3 is 2.06 bits per heavy atom. The molecule has 0 aliphatic carbocycles. The van der Waals surface area contributed by atoms with Gasteiger partial charge < -0.3 is 9.47 Å². The highest BCUT2D eigenvalue weighted by Gasteiger charge is 1.95. The van der Waals surface area contributed by atoms with Crippen LogP contribution in [0.25, 0.3) is 0 Å². The summed E-state index contributed by atoms with van der Waals surface area (Å²) in [5.41, 5.74) is 0. The molecule has 1 rings (SSSR count). The van der Waals surface area contributed by atoms with Crippen molar-refractivity contribution in [2.45, 2.75) is 32.6 Å². The van der Waals surface area contributed by atoms with Crippen LogP contribution < -0.4 is 9.47 Å². The molecule has 0 aliphatic rings. The molecule has 0 heterocycles. The largest absolute Gasteiger partial charge is 0.494 e. The zero-order valence-corrected chi connectivity index (χ0v) is 11.4. The Morgan fingerprint density at radius 2 is 1.47 bits per heavy atom. The van der Waals surface area contributed by atoms with Crippen LogP contribution in [-0.2, 0) is 0 Å². The van der Waals surface area contributed by atoms with Crippen LogP contribution >= 0.6 is 12.6 Å². The van der Waals surface area contributed by atoms with E-state index in [0.29, 0.717) is 6.61 Å². The molecular weight excluding hydrogens is 232 g/mol. The Morgan fingerprint density at radius 1 is 0.882 bits per heavy atom. The molecule has 0 bridgehead atoms. The highest BCUT2D eigenvalue weighted by atomic mass is 32.1. The quantitative estimate of drug-likeness (QED) is 0.531. The lowest BCUT2D eigenvalue weighted by molar-refractivity contribution is 0.303. The number of hydrogen-bond acceptors (Lipinski definition) is 3. The van der Waals surface area contributed by atoms with Gasteiger partial charge in [-0.25, -0.2) is 0 Å². The van der Waals surface area contributed by atoms with Gasteiger partial charge in [0, 0.05) is 0 Å². The van der Waals surface area contributed by atoms with E-state index in [-0.39, 0.29) is 0 Å². The van der Waals surface area contributed by atoms with Crippen molar-refractivity contribution in [3.05, 3.63) is 24.3 Å². The molecule has 0 unspecified atom stereocenters. The summed E-state index contributed by atoms with van der Waals surface area (Å²) in [6.45, 7) is 3.47. The van der Waals surface area contributed by atoms with Crippen molar-refractivity contribution in [3.63, 3.8) is 0 Å². The van der Waals surface area contributed by atoms with E-state index in [1.807, 2.05) is 31.2 Å². The van der Waals surface area contributed by atoms with Crippen LogP contribution in [0.5, 0.6) is 11.5 Å². The smallest absolute Gasteiger partial charge is 0.119 e. The molecule has 0 aromatic heterocycles. The summed E-state index contributed by atoms with van der Waals surface area (Å²) in [4.78, 5) is 0. The molecule has 0 saturated heterocycles. The molecule has 2 nitrogen and oxygen atoms in total. The van der Waals surface area contributed by atoms with Gasteiger partial charge in [0.1, 0.15) is 11.5 Å². The number of benzene rings is 1. The van der Waals surface area contributed by atoms with Crippen molar-refractivity contribution in [2.75, 3.05) is 19.0 Å². The highest BCUT2D eigenvalue weighted by Crippen LogP contribution is 2.17. The SMILES string of the molecule is CCOc1ccc(OCCCCCCS)cc1. The minimum Gasteiger partial charge on any atom is -0.494 e. The van der Waals surface area contributed by atoms with Gasteiger partial charge in [-0.15, -0.1) is 0 Å². The van der Waals surface area contributed by atoms with Crippen molar-refractivity contribution in [1.29, 1.82) is 0 Å². The average Bonchev–Trinajstić information content (AvgIpc) is 2.36. The van der Waals surface area contributed by atoms with Crippen LogP contribution in [0.3, 0.4) is 0 Å². The number of unbranched alkanes of at least 4 members (excludes halogenated alkanes) is 3. The fourth-order valence-corrected chi connectivity index (χ4v) is 1.78. The average molecular weight is 254 g/mol. The molecule has 0 amide bonds. The number of ether oxygens (including phenoxy) is 2. The van der Waals surface area contributed by atoms with Crippen molar-refractivity contribution in [1.82, 2.24) is 0 Å². The third kappa shape index (κ3) is 6.47. The van der Waals surface area contributed by atoms with Crippen LogP contribution in [-0.4, -0.2) is 19.0 Å². The maximum absolute atomic E-state index is 5.64. The monoisotopic (exact) mass is 254 g/mol. The molecule has 3 heteroatoms. The maximum atomic E-state index is 5.64. The molecule has 0 spiro atoms. The summed E-state index contributed by atoms with van der Waals surface area (Å²) >= 11 is 4.19. The minimum absolute atomic E-state index is 0.700. The molecule has 0 aliphatic heterocycles. The molecule has 1 aromatic carbocycles. The van der Waals surface area contributed by atoms with Crippen LogP contribution in [0.15, 0.2) is 24.3 Å². The Balaban J connectivity index is 2.14. The summed E-state index contributed by atoms with van der Waals surface area (Å²) in [5, 5.41) is 0. The van der Waals surface area contributed by atoms with Gasteiger partial charge in [-0.1, -0.05) is 12.8 Å². The lowest BCUT2D eigenvalue weighted by Gasteiger charge is -2.07. The predicted molar refractivity (Wildman–Crippen MR) is 75.4 cm³/mol. The molecule has 0 saturated carbocycles. The van der Waals surface area contributed by atoms with Crippen molar-refractivity contribution >= 4 is 12.6 Å².